The van der Waals surface area contributed by atoms with Gasteiger partial charge in [-0.3, -0.25) is 14.9 Å². The van der Waals surface area contributed by atoms with Crippen molar-refractivity contribution in [1.29, 1.82) is 5.26 Å². The van der Waals surface area contributed by atoms with Crippen LogP contribution >= 0.6 is 0 Å². The Balaban J connectivity index is 1.80. The molecule has 162 valence electrons. The van der Waals surface area contributed by atoms with E-state index in [0.29, 0.717) is 0 Å². The van der Waals surface area contributed by atoms with Crippen LogP contribution < -0.4 is 5.73 Å². The zero-order valence-corrected chi connectivity index (χ0v) is 17.5. The van der Waals surface area contributed by atoms with Gasteiger partial charge >= 0.3 is 0 Å². The van der Waals surface area contributed by atoms with E-state index in [1.807, 2.05) is 71.8 Å². The Kier molecular flexibility index (Phi) is 4.72. The van der Waals surface area contributed by atoms with Crippen molar-refractivity contribution in [3.8, 4) is 6.07 Å². The SMILES string of the molecule is N#C[C@@]1(C(N)=O)C2c3ccccc3C=CN2[C@@H](c2ccc([N+](=O)[O-])cc2)[C@@H]1c1ccccc1. The summed E-state index contributed by atoms with van der Waals surface area (Å²) in [6, 6.07) is 24.6. The van der Waals surface area contributed by atoms with E-state index in [4.69, 9.17) is 5.73 Å². The topological polar surface area (TPSA) is 113 Å². The molecule has 0 spiro atoms. The third-order valence-corrected chi connectivity index (χ3v) is 6.77. The molecule has 7 heteroatoms. The third-order valence-electron chi connectivity index (χ3n) is 6.77. The van der Waals surface area contributed by atoms with Crippen LogP contribution in [0.15, 0.2) is 85.1 Å². The molecule has 2 heterocycles. The smallest absolute Gasteiger partial charge is 0.269 e. The summed E-state index contributed by atoms with van der Waals surface area (Å²) in [5.74, 6) is -1.29. The maximum atomic E-state index is 13.2. The molecule has 1 fully saturated rings. The van der Waals surface area contributed by atoms with Gasteiger partial charge in [0.25, 0.3) is 5.69 Å². The van der Waals surface area contributed by atoms with Gasteiger partial charge in [-0.15, -0.1) is 0 Å². The average Bonchev–Trinajstić information content (AvgIpc) is 3.16. The third kappa shape index (κ3) is 2.92. The lowest BCUT2D eigenvalue weighted by molar-refractivity contribution is -0.384. The molecule has 1 saturated heterocycles. The number of primary amides is 1. The molecule has 3 aromatic carbocycles. The molecule has 2 N–H and O–H groups in total. The van der Waals surface area contributed by atoms with Crippen molar-refractivity contribution < 1.29 is 9.72 Å². The fourth-order valence-electron chi connectivity index (χ4n) is 5.39. The fraction of sp³-hybridized carbons (Fsp3) is 0.154. The molecular weight excluding hydrogens is 416 g/mol. The summed E-state index contributed by atoms with van der Waals surface area (Å²) in [7, 11) is 0. The molecule has 7 nitrogen and oxygen atoms in total. The van der Waals surface area contributed by atoms with Crippen LogP contribution in [0.25, 0.3) is 6.08 Å². The predicted molar refractivity (Wildman–Crippen MR) is 122 cm³/mol. The predicted octanol–water partition coefficient (Wildman–Crippen LogP) is 4.46. The Bertz CT molecular complexity index is 1310. The second-order valence-electron chi connectivity index (χ2n) is 8.32. The summed E-state index contributed by atoms with van der Waals surface area (Å²) < 4.78 is 0. The number of fused-ring (bicyclic) bond motifs is 3. The number of nitro benzene ring substituents is 1. The van der Waals surface area contributed by atoms with Crippen molar-refractivity contribution in [2.45, 2.75) is 18.0 Å². The number of nitriles is 1. The van der Waals surface area contributed by atoms with Gasteiger partial charge in [0.1, 0.15) is 0 Å². The first-order chi connectivity index (χ1) is 16.0. The zero-order chi connectivity index (χ0) is 23.2. The van der Waals surface area contributed by atoms with Gasteiger partial charge in [0, 0.05) is 24.3 Å². The summed E-state index contributed by atoms with van der Waals surface area (Å²) in [6.07, 6.45) is 3.86. The van der Waals surface area contributed by atoms with E-state index in [2.05, 4.69) is 6.07 Å². The summed E-state index contributed by atoms with van der Waals surface area (Å²) in [5.41, 5.74) is 7.81. The highest BCUT2D eigenvalue weighted by Gasteiger charge is 2.64. The van der Waals surface area contributed by atoms with Gasteiger partial charge in [-0.25, -0.2) is 0 Å². The average molecular weight is 436 g/mol. The van der Waals surface area contributed by atoms with Gasteiger partial charge in [-0.2, -0.15) is 5.26 Å². The normalized spacial score (nSPS) is 25.1. The quantitative estimate of drug-likeness (QED) is 0.479. The number of non-ortho nitro benzene ring substituents is 1. The van der Waals surface area contributed by atoms with E-state index < -0.39 is 34.2 Å². The minimum atomic E-state index is -1.56. The van der Waals surface area contributed by atoms with E-state index in [-0.39, 0.29) is 5.69 Å². The van der Waals surface area contributed by atoms with E-state index in [9.17, 15) is 20.2 Å². The Morgan fingerprint density at radius 3 is 2.30 bits per heavy atom. The maximum absolute atomic E-state index is 13.2. The number of nitro groups is 1. The van der Waals surface area contributed by atoms with Crippen LogP contribution in [0.2, 0.25) is 0 Å². The van der Waals surface area contributed by atoms with Gasteiger partial charge < -0.3 is 10.6 Å². The van der Waals surface area contributed by atoms with Crippen LogP contribution in [-0.2, 0) is 4.79 Å². The highest BCUT2D eigenvalue weighted by Crippen LogP contribution is 2.64. The standard InChI is InChI=1S/C26H20N4O3/c27-16-26(25(28)31)22(18-7-2-1-3-8-18)23(19-10-12-20(13-11-19)30(32)33)29-15-14-17-6-4-5-9-21(17)24(26)29/h1-15,22-24H,(H2,28,31)/t22-,23-,24?,26-/m0/s1. The lowest BCUT2D eigenvalue weighted by atomic mass is 9.66. The summed E-state index contributed by atoms with van der Waals surface area (Å²) >= 11 is 0. The Morgan fingerprint density at radius 1 is 1.00 bits per heavy atom. The second-order valence-corrected chi connectivity index (χ2v) is 8.32. The number of carbonyl (C=O) groups excluding carboxylic acids is 1. The first-order valence-electron chi connectivity index (χ1n) is 10.5. The number of hydrogen-bond donors (Lipinski definition) is 1. The summed E-state index contributed by atoms with van der Waals surface area (Å²) in [4.78, 5) is 25.9. The fourth-order valence-corrected chi connectivity index (χ4v) is 5.39. The maximum Gasteiger partial charge on any atom is 0.269 e. The van der Waals surface area contributed by atoms with E-state index >= 15 is 0 Å². The molecule has 0 aromatic heterocycles. The molecule has 1 amide bonds. The molecule has 0 saturated carbocycles. The zero-order valence-electron chi connectivity index (χ0n) is 17.5. The molecule has 0 bridgehead atoms. The Morgan fingerprint density at radius 2 is 1.67 bits per heavy atom. The minimum Gasteiger partial charge on any atom is -0.368 e. The molecule has 5 rings (SSSR count). The molecule has 2 aliphatic heterocycles. The van der Waals surface area contributed by atoms with Crippen molar-refractivity contribution >= 4 is 17.7 Å². The molecule has 4 atom stereocenters. The van der Waals surface area contributed by atoms with E-state index in [0.717, 1.165) is 22.3 Å². The van der Waals surface area contributed by atoms with Gasteiger partial charge in [0.2, 0.25) is 5.91 Å². The molecule has 33 heavy (non-hydrogen) atoms. The lowest BCUT2D eigenvalue weighted by Crippen LogP contribution is -2.44. The van der Waals surface area contributed by atoms with Crippen molar-refractivity contribution in [3.63, 3.8) is 0 Å². The lowest BCUT2D eigenvalue weighted by Gasteiger charge is -2.36. The first kappa shape index (κ1) is 20.5. The van der Waals surface area contributed by atoms with Crippen LogP contribution in [-0.4, -0.2) is 15.7 Å². The summed E-state index contributed by atoms with van der Waals surface area (Å²) in [6.45, 7) is 0. The number of hydrogen-bond acceptors (Lipinski definition) is 5. The Hall–Kier alpha value is -4.44. The van der Waals surface area contributed by atoms with E-state index in [1.54, 1.807) is 12.1 Å². The number of rotatable bonds is 4. The Labute approximate surface area is 190 Å². The highest BCUT2D eigenvalue weighted by atomic mass is 16.6. The first-order valence-corrected chi connectivity index (χ1v) is 10.5. The molecule has 3 aromatic rings. The van der Waals surface area contributed by atoms with Gasteiger partial charge in [-0.1, -0.05) is 66.7 Å². The number of carbonyl (C=O) groups is 1. The molecule has 0 aliphatic carbocycles. The van der Waals surface area contributed by atoms with E-state index in [1.165, 1.54) is 12.1 Å². The van der Waals surface area contributed by atoms with Crippen LogP contribution in [0, 0.1) is 26.9 Å². The second kappa shape index (κ2) is 7.61. The molecule has 0 radical (unpaired) electrons. The van der Waals surface area contributed by atoms with Crippen molar-refractivity contribution in [1.82, 2.24) is 4.90 Å². The monoisotopic (exact) mass is 436 g/mol. The largest absolute Gasteiger partial charge is 0.368 e. The van der Waals surface area contributed by atoms with Crippen molar-refractivity contribution in [2.24, 2.45) is 11.1 Å². The molecular formula is C26H20N4O3. The minimum absolute atomic E-state index is 0.0227. The van der Waals surface area contributed by atoms with Crippen molar-refractivity contribution in [2.75, 3.05) is 0 Å². The van der Waals surface area contributed by atoms with Crippen LogP contribution in [0.5, 0.6) is 0 Å². The number of amides is 1. The van der Waals surface area contributed by atoms with Crippen molar-refractivity contribution in [3.05, 3.63) is 117 Å². The molecule has 1 unspecified atom stereocenters. The summed E-state index contributed by atoms with van der Waals surface area (Å²) in [5, 5.41) is 21.8. The highest BCUT2D eigenvalue weighted by molar-refractivity contribution is 5.88. The number of benzene rings is 3. The van der Waals surface area contributed by atoms with Crippen LogP contribution in [0.3, 0.4) is 0 Å². The van der Waals surface area contributed by atoms with Gasteiger partial charge in [0.05, 0.1) is 23.1 Å². The van der Waals surface area contributed by atoms with Gasteiger partial charge in [-0.05, 0) is 28.3 Å². The van der Waals surface area contributed by atoms with Gasteiger partial charge in [0.15, 0.2) is 5.41 Å². The molecule has 2 aliphatic rings. The number of nitrogens with zero attached hydrogens (tertiary/aromatic N) is 3. The number of nitrogens with two attached hydrogens (primary N) is 1. The van der Waals surface area contributed by atoms with Crippen LogP contribution in [0.1, 0.15) is 40.3 Å². The van der Waals surface area contributed by atoms with Crippen LogP contribution in [0.4, 0.5) is 5.69 Å².